The fourth-order valence-corrected chi connectivity index (χ4v) is 8.95. The number of carbonyl (C=O) groups is 2. The van der Waals surface area contributed by atoms with Crippen LogP contribution in [0.3, 0.4) is 0 Å². The van der Waals surface area contributed by atoms with Crippen LogP contribution in [-0.2, 0) is 48.4 Å². The largest absolute Gasteiger partial charge is 0.469 e. The number of ether oxygens (including phenoxy) is 3. The van der Waals surface area contributed by atoms with Crippen LogP contribution < -0.4 is 17.2 Å². The molecule has 0 aliphatic carbocycles. The monoisotopic (exact) mass is 870 g/mol. The van der Waals surface area contributed by atoms with E-state index in [2.05, 4.69) is 36.0 Å². The van der Waals surface area contributed by atoms with Crippen molar-refractivity contribution in [2.24, 2.45) is 0 Å². The third-order valence-corrected chi connectivity index (χ3v) is 12.4. The van der Waals surface area contributed by atoms with Crippen LogP contribution >= 0.6 is 26.8 Å². The summed E-state index contributed by atoms with van der Waals surface area (Å²) in [6, 6.07) is 0.0288. The molecule has 0 aromatic carbocycles. The summed E-state index contributed by atoms with van der Waals surface area (Å²) < 4.78 is 55.8. The Morgan fingerprint density at radius 3 is 2.57 bits per heavy atom. The highest BCUT2D eigenvalue weighted by molar-refractivity contribution is 7.53. The van der Waals surface area contributed by atoms with Crippen molar-refractivity contribution < 1.29 is 61.8 Å². The standard InChI is InChI=1S/C31H40N10O14P2S/c1-3-4-5-22(42)39(2)17(8-16-12-58-15-37-16)30(44)55-26-19(54-29(25(26)43)41-14-36-24-27(33)34-13-35-28(24)41)11-51-56(46,47)20-9-23(40-7-6-21(32)38-31(40)45)53-18(20)10-52-57(48,49)50/h3,6-7,12-15,17-20,23,25-26,29,43H,1,4-5,8-11H2,2H3,(H,46,47)(H2,32,38,45)(H2,33,34,35)(H2,48,49,50)/t17-,18+,19+,20-,23+,25+,26+,29+/m0/s1. The number of nitrogen functional groups attached to an aromatic ring is 2. The number of esters is 1. The lowest BCUT2D eigenvalue weighted by Crippen LogP contribution is -2.48. The first-order valence-corrected chi connectivity index (χ1v) is 21.5. The van der Waals surface area contributed by atoms with Gasteiger partial charge in [0.25, 0.3) is 0 Å². The van der Waals surface area contributed by atoms with Crippen molar-refractivity contribution in [3.05, 3.63) is 64.6 Å². The quantitative estimate of drug-likeness (QED) is 0.0457. The maximum Gasteiger partial charge on any atom is 0.469 e. The van der Waals surface area contributed by atoms with E-state index in [1.54, 1.807) is 17.0 Å². The fraction of sp³-hybridized carbons (Fsp3) is 0.484. The molecule has 2 saturated heterocycles. The highest BCUT2D eigenvalue weighted by Gasteiger charge is 2.52. The van der Waals surface area contributed by atoms with Crippen LogP contribution in [0.5, 0.6) is 0 Å². The van der Waals surface area contributed by atoms with Gasteiger partial charge < -0.3 is 54.9 Å². The summed E-state index contributed by atoms with van der Waals surface area (Å²) in [5.41, 5.74) is 11.4. The molecule has 58 heavy (non-hydrogen) atoms. The summed E-state index contributed by atoms with van der Waals surface area (Å²) in [6.45, 7) is 1.91. The molecular weight excluding hydrogens is 830 g/mol. The molecule has 4 aromatic rings. The predicted molar refractivity (Wildman–Crippen MR) is 200 cm³/mol. The number of hydrogen-bond acceptors (Lipinski definition) is 19. The molecule has 9 atom stereocenters. The minimum absolute atomic E-state index is 0.0146. The Bertz CT molecular complexity index is 2270. The van der Waals surface area contributed by atoms with Crippen LogP contribution in [0, 0.1) is 0 Å². The number of imidazole rings is 1. The Balaban J connectivity index is 1.28. The molecule has 6 heterocycles. The number of hydrogen-bond donors (Lipinski definition) is 6. The first kappa shape index (κ1) is 43.1. The average Bonchev–Trinajstić information content (AvgIpc) is 3.98. The molecule has 0 spiro atoms. The summed E-state index contributed by atoms with van der Waals surface area (Å²) in [4.78, 5) is 91.1. The van der Waals surface area contributed by atoms with Crippen molar-refractivity contribution in [2.45, 2.75) is 74.3 Å². The minimum atomic E-state index is -5.11. The first-order chi connectivity index (χ1) is 27.5. The summed E-state index contributed by atoms with van der Waals surface area (Å²) in [7, 11) is -8.65. The number of likely N-dealkylation sites (N-methyl/N-ethyl adjacent to an activating group) is 1. The van der Waals surface area contributed by atoms with Gasteiger partial charge in [-0.05, 0) is 12.5 Å². The number of nitrogens with two attached hydrogens (primary N) is 2. The van der Waals surface area contributed by atoms with Crippen molar-refractivity contribution in [1.29, 1.82) is 0 Å². The molecule has 2 aliphatic heterocycles. The number of amides is 1. The van der Waals surface area contributed by atoms with Gasteiger partial charge in [-0.3, -0.25) is 23.0 Å². The molecule has 1 unspecified atom stereocenters. The van der Waals surface area contributed by atoms with Gasteiger partial charge in [0.05, 0.1) is 42.5 Å². The highest BCUT2D eigenvalue weighted by Crippen LogP contribution is 2.56. The van der Waals surface area contributed by atoms with E-state index in [0.717, 1.165) is 10.9 Å². The lowest BCUT2D eigenvalue weighted by atomic mass is 10.1. The van der Waals surface area contributed by atoms with Gasteiger partial charge in [0.2, 0.25) is 5.91 Å². The number of fused-ring (bicyclic) bond motifs is 1. The molecule has 8 N–H and O–H groups in total. The zero-order valence-electron chi connectivity index (χ0n) is 30.5. The van der Waals surface area contributed by atoms with Gasteiger partial charge in [0.15, 0.2) is 23.8 Å². The van der Waals surface area contributed by atoms with Crippen molar-refractivity contribution in [1.82, 2.24) is 39.0 Å². The topological polar surface area (TPSA) is 342 Å². The fourth-order valence-electron chi connectivity index (χ4n) is 6.46. The third-order valence-electron chi connectivity index (χ3n) is 9.42. The molecule has 314 valence electrons. The van der Waals surface area contributed by atoms with Crippen LogP contribution in [0.1, 0.15) is 37.4 Å². The van der Waals surface area contributed by atoms with Crippen LogP contribution in [0.4, 0.5) is 11.6 Å². The lowest BCUT2D eigenvalue weighted by Gasteiger charge is -2.29. The zero-order chi connectivity index (χ0) is 41.9. The van der Waals surface area contributed by atoms with E-state index in [1.807, 2.05) is 0 Å². The Morgan fingerprint density at radius 2 is 1.88 bits per heavy atom. The number of nitrogens with zero attached hydrogens (tertiary/aromatic N) is 8. The van der Waals surface area contributed by atoms with E-state index in [1.165, 1.54) is 46.4 Å². The van der Waals surface area contributed by atoms with Gasteiger partial charge in [0.1, 0.15) is 42.1 Å². The van der Waals surface area contributed by atoms with E-state index in [4.69, 9.17) is 30.2 Å². The number of anilines is 2. The molecule has 6 rings (SSSR count). The third kappa shape index (κ3) is 9.67. The smallest absolute Gasteiger partial charge is 0.455 e. The molecule has 2 aliphatic rings. The average molecular weight is 871 g/mol. The molecule has 2 fully saturated rings. The van der Waals surface area contributed by atoms with Gasteiger partial charge in [-0.15, -0.1) is 17.9 Å². The number of rotatable bonds is 17. The van der Waals surface area contributed by atoms with E-state index >= 15 is 0 Å². The van der Waals surface area contributed by atoms with Gasteiger partial charge in [-0.1, -0.05) is 6.08 Å². The van der Waals surface area contributed by atoms with Gasteiger partial charge in [-0.25, -0.2) is 34.1 Å². The minimum Gasteiger partial charge on any atom is -0.455 e. The van der Waals surface area contributed by atoms with Gasteiger partial charge in [0, 0.05) is 37.9 Å². The summed E-state index contributed by atoms with van der Waals surface area (Å²) in [6.07, 6.45) is -3.94. The predicted octanol–water partition coefficient (Wildman–Crippen LogP) is -0.122. The molecule has 0 bridgehead atoms. The molecular formula is C31H40N10O14P2S. The van der Waals surface area contributed by atoms with E-state index in [-0.39, 0.29) is 35.6 Å². The molecule has 1 amide bonds. The number of allylic oxidation sites excluding steroid dienone is 1. The number of carbonyl (C=O) groups excluding carboxylic acids is 2. The van der Waals surface area contributed by atoms with Crippen molar-refractivity contribution in [3.63, 3.8) is 0 Å². The second-order valence-electron chi connectivity index (χ2n) is 13.2. The molecule has 27 heteroatoms. The van der Waals surface area contributed by atoms with Crippen LogP contribution in [-0.4, -0.2) is 127 Å². The number of aliphatic hydroxyl groups is 1. The van der Waals surface area contributed by atoms with Crippen molar-refractivity contribution >= 4 is 61.4 Å². The van der Waals surface area contributed by atoms with Crippen LogP contribution in [0.2, 0.25) is 0 Å². The zero-order valence-corrected chi connectivity index (χ0v) is 33.1. The Hall–Kier alpha value is -4.52. The van der Waals surface area contributed by atoms with Gasteiger partial charge >= 0.3 is 27.1 Å². The van der Waals surface area contributed by atoms with Gasteiger partial charge in [-0.2, -0.15) is 4.98 Å². The number of thiazole rings is 1. The summed E-state index contributed by atoms with van der Waals surface area (Å²) in [5.74, 6) is -1.48. The lowest BCUT2D eigenvalue weighted by molar-refractivity contribution is -0.165. The second-order valence-corrected chi connectivity index (χ2v) is 17.2. The number of aromatic nitrogens is 7. The molecule has 24 nitrogen and oxygen atoms in total. The molecule has 4 aromatic heterocycles. The van der Waals surface area contributed by atoms with E-state index < -0.39 is 101 Å². The number of phosphoric ester groups is 1. The highest BCUT2D eigenvalue weighted by atomic mass is 32.1. The molecule has 0 saturated carbocycles. The van der Waals surface area contributed by atoms with Crippen LogP contribution in [0.15, 0.2) is 53.3 Å². The summed E-state index contributed by atoms with van der Waals surface area (Å²) in [5, 5.41) is 13.4. The van der Waals surface area contributed by atoms with E-state index in [0.29, 0.717) is 12.1 Å². The first-order valence-electron chi connectivity index (χ1n) is 17.3. The van der Waals surface area contributed by atoms with Crippen molar-refractivity contribution in [3.8, 4) is 0 Å². The number of aliphatic hydroxyl groups excluding tert-OH is 1. The van der Waals surface area contributed by atoms with E-state index in [9.17, 15) is 43.3 Å². The maximum absolute atomic E-state index is 14.0. The Labute approximate surface area is 332 Å². The summed E-state index contributed by atoms with van der Waals surface area (Å²) >= 11 is 1.27. The normalized spacial score (nSPS) is 25.0. The second kappa shape index (κ2) is 17.8. The maximum atomic E-state index is 14.0. The van der Waals surface area contributed by atoms with Crippen molar-refractivity contribution in [2.75, 3.05) is 31.7 Å². The molecule has 0 radical (unpaired) electrons. The SMILES string of the molecule is C=CCCC(=O)N(C)[C@@H](Cc1cscn1)C(=O)O[C@H]1[C@@H](O)[C@H](n2cnc3c(N)ncnc32)O[C@@H]1COP(=O)(O)[C@H]1C[C@H](n2ccc(N)nc2=O)O[C@@H]1COP(=O)(O)O. The Morgan fingerprint density at radius 1 is 1.12 bits per heavy atom. The Kier molecular flexibility index (Phi) is 13.2. The number of phosphoric acid groups is 1. The van der Waals surface area contributed by atoms with Crippen LogP contribution in [0.25, 0.3) is 11.2 Å².